The number of anilines is 1. The average Bonchev–Trinajstić information content (AvgIpc) is 3.82. The van der Waals surface area contributed by atoms with Crippen LogP contribution in [-0.2, 0) is 18.6 Å². The molecule has 1 unspecified atom stereocenters. The van der Waals surface area contributed by atoms with Gasteiger partial charge in [-0.1, -0.05) is 52.9 Å². The minimum atomic E-state index is -1.20. The lowest BCUT2D eigenvalue weighted by Crippen LogP contribution is -2.45. The minimum absolute atomic E-state index is 0.277. The van der Waals surface area contributed by atoms with E-state index in [0.717, 1.165) is 28.1 Å². The van der Waals surface area contributed by atoms with E-state index in [2.05, 4.69) is 31.4 Å². The smallest absolute Gasteiger partial charge is 0.324 e. The molecule has 7 rings (SSSR count). The number of carbonyl (C=O) groups is 1. The van der Waals surface area contributed by atoms with Crippen molar-refractivity contribution in [2.75, 3.05) is 12.5 Å². The van der Waals surface area contributed by atoms with Gasteiger partial charge < -0.3 is 14.6 Å². The topological polar surface area (TPSA) is 152 Å². The molecule has 1 fully saturated rings. The first-order valence-corrected chi connectivity index (χ1v) is 14.8. The van der Waals surface area contributed by atoms with E-state index in [1.54, 1.807) is 47.7 Å². The number of amides is 2. The number of fused-ring (bicyclic) bond motifs is 3. The van der Waals surface area contributed by atoms with E-state index < -0.39 is 5.54 Å². The number of hydrogen-bond donors (Lipinski definition) is 2. The molecule has 0 aliphatic carbocycles. The summed E-state index contributed by atoms with van der Waals surface area (Å²) in [5.74, 6) is 1.75. The summed E-state index contributed by atoms with van der Waals surface area (Å²) in [5, 5.41) is 19.0. The van der Waals surface area contributed by atoms with Crippen LogP contribution in [-0.4, -0.2) is 54.8 Å². The molecule has 14 heteroatoms. The molecule has 14 nitrogen and oxygen atoms in total. The summed E-state index contributed by atoms with van der Waals surface area (Å²) in [6.45, 7) is 2.64. The number of amidine groups is 1. The Balaban J connectivity index is 1.22. The molecule has 0 saturated carbocycles. The monoisotopic (exact) mass is 626 g/mol. The highest BCUT2D eigenvalue weighted by Crippen LogP contribution is 2.42. The van der Waals surface area contributed by atoms with Gasteiger partial charge >= 0.3 is 6.03 Å². The van der Waals surface area contributed by atoms with Gasteiger partial charge in [-0.05, 0) is 60.0 Å². The molecular formula is C33H30N12O2. The van der Waals surface area contributed by atoms with Crippen LogP contribution in [0.1, 0.15) is 29.3 Å². The lowest BCUT2D eigenvalue weighted by Gasteiger charge is -2.28. The first kappa shape index (κ1) is 29.3. The summed E-state index contributed by atoms with van der Waals surface area (Å²) < 4.78 is 9.05. The maximum Gasteiger partial charge on any atom is 0.324 e. The summed E-state index contributed by atoms with van der Waals surface area (Å²) >= 11 is 0. The Bertz CT molecular complexity index is 1990. The Hall–Kier alpha value is -6.44. The van der Waals surface area contributed by atoms with Gasteiger partial charge in [-0.25, -0.2) is 24.4 Å². The van der Waals surface area contributed by atoms with Gasteiger partial charge in [0.25, 0.3) is 0 Å². The third kappa shape index (κ3) is 5.52. The molecule has 0 spiro atoms. The van der Waals surface area contributed by atoms with E-state index in [-0.39, 0.29) is 12.6 Å². The lowest BCUT2D eigenvalue weighted by molar-refractivity contribution is 0.225. The standard InChI is InChI=1S/C33H30N12O2/c1-3-16-37-41-40-26-10-4-23(5-11-26)19-43-22-36-29-30(43)34-21-35-31-33(29,25-8-14-28(47-2)15-9-25)39-32(46)44(31)20-24-6-12-27(13-7-24)45-18-17-38-42-45/h3-18,21-22H,19-20H2,1-2H3,(H,37,40)(H,39,46)/b16-3-. The summed E-state index contributed by atoms with van der Waals surface area (Å²) in [5.41, 5.74) is 6.64. The number of hydrogen-bond acceptors (Lipinski definition) is 9. The SMILES string of the molecule is C/C=C\N=NNc1ccc(Cn2cnc3c2N=CN=C2N(Cc4ccc(-n5ccnn5)cc4)C(=O)NC23c2ccc(OC)cc2)cc1. The summed E-state index contributed by atoms with van der Waals surface area (Å²) in [7, 11) is 1.61. The molecule has 2 aromatic heterocycles. The maximum atomic E-state index is 13.8. The Kier molecular flexibility index (Phi) is 7.80. The van der Waals surface area contributed by atoms with Crippen LogP contribution in [0.5, 0.6) is 5.75 Å². The van der Waals surface area contributed by atoms with Gasteiger partial charge in [-0.2, -0.15) is 0 Å². The Morgan fingerprint density at radius 3 is 2.49 bits per heavy atom. The van der Waals surface area contributed by atoms with Crippen LogP contribution in [0.3, 0.4) is 0 Å². The Labute approximate surface area is 269 Å². The van der Waals surface area contributed by atoms with E-state index in [1.165, 1.54) is 6.34 Å². The van der Waals surface area contributed by atoms with Crippen molar-refractivity contribution in [1.29, 1.82) is 0 Å². The van der Waals surface area contributed by atoms with Crippen molar-refractivity contribution in [2.45, 2.75) is 25.6 Å². The maximum absolute atomic E-state index is 13.8. The zero-order valence-corrected chi connectivity index (χ0v) is 25.6. The number of rotatable bonds is 10. The van der Waals surface area contributed by atoms with Crippen molar-refractivity contribution >= 4 is 29.7 Å². The van der Waals surface area contributed by atoms with Crippen molar-refractivity contribution in [3.63, 3.8) is 0 Å². The van der Waals surface area contributed by atoms with Crippen molar-refractivity contribution in [3.8, 4) is 11.4 Å². The number of aromatic nitrogens is 5. The molecule has 0 radical (unpaired) electrons. The highest BCUT2D eigenvalue weighted by atomic mass is 16.5. The van der Waals surface area contributed by atoms with Crippen LogP contribution in [0.25, 0.3) is 5.69 Å². The normalized spacial score (nSPS) is 17.0. The molecule has 1 saturated heterocycles. The number of methoxy groups -OCH3 is 1. The van der Waals surface area contributed by atoms with Gasteiger partial charge in [0.1, 0.15) is 17.8 Å². The number of urea groups is 1. The van der Waals surface area contributed by atoms with Crippen molar-refractivity contribution in [2.24, 2.45) is 20.3 Å². The van der Waals surface area contributed by atoms with Gasteiger partial charge in [0.05, 0.1) is 50.3 Å². The van der Waals surface area contributed by atoms with Crippen LogP contribution >= 0.6 is 0 Å². The van der Waals surface area contributed by atoms with Crippen molar-refractivity contribution in [1.82, 2.24) is 34.8 Å². The number of allylic oxidation sites excluding steroid dienone is 1. The summed E-state index contributed by atoms with van der Waals surface area (Å²) in [6.07, 6.45) is 10.0. The molecule has 2 aliphatic heterocycles. The van der Waals surface area contributed by atoms with Crippen LogP contribution in [0, 0.1) is 0 Å². The molecule has 3 aromatic carbocycles. The number of benzene rings is 3. The molecule has 0 bridgehead atoms. The van der Waals surface area contributed by atoms with E-state index in [0.29, 0.717) is 29.6 Å². The highest BCUT2D eigenvalue weighted by molar-refractivity contribution is 6.15. The third-order valence-electron chi connectivity index (χ3n) is 7.90. The van der Waals surface area contributed by atoms with E-state index in [1.807, 2.05) is 84.3 Å². The average molecular weight is 627 g/mol. The fourth-order valence-corrected chi connectivity index (χ4v) is 5.62. The van der Waals surface area contributed by atoms with Crippen LogP contribution < -0.4 is 15.5 Å². The predicted molar refractivity (Wildman–Crippen MR) is 176 cm³/mol. The largest absolute Gasteiger partial charge is 0.497 e. The van der Waals surface area contributed by atoms with E-state index in [4.69, 9.17) is 19.7 Å². The first-order chi connectivity index (χ1) is 23.1. The highest BCUT2D eigenvalue weighted by Gasteiger charge is 2.55. The van der Waals surface area contributed by atoms with Gasteiger partial charge in [0, 0.05) is 6.20 Å². The number of nitrogens with zero attached hydrogens (tertiary/aromatic N) is 10. The first-order valence-electron chi connectivity index (χ1n) is 14.8. The summed E-state index contributed by atoms with van der Waals surface area (Å²) in [6, 6.07) is 22.9. The molecule has 4 heterocycles. The molecule has 2 amide bonds. The zero-order valence-electron chi connectivity index (χ0n) is 25.6. The van der Waals surface area contributed by atoms with Gasteiger partial charge in [0.2, 0.25) is 0 Å². The molecule has 2 N–H and O–H groups in total. The Morgan fingerprint density at radius 1 is 1.00 bits per heavy atom. The van der Waals surface area contributed by atoms with Crippen molar-refractivity contribution < 1.29 is 9.53 Å². The molecule has 47 heavy (non-hydrogen) atoms. The molecule has 2 aliphatic rings. The number of carbonyl (C=O) groups excluding carboxylic acids is 1. The number of aliphatic imine (C=N–C) groups is 2. The summed E-state index contributed by atoms with van der Waals surface area (Å²) in [4.78, 5) is 29.9. The second-order valence-electron chi connectivity index (χ2n) is 10.8. The second kappa shape index (κ2) is 12.5. The van der Waals surface area contributed by atoms with Gasteiger partial charge in [-0.3, -0.25) is 10.3 Å². The zero-order chi connectivity index (χ0) is 32.2. The molecule has 234 valence electrons. The van der Waals surface area contributed by atoms with E-state index >= 15 is 0 Å². The number of ether oxygens (including phenoxy) is 1. The molecule has 1 atom stereocenters. The van der Waals surface area contributed by atoms with Gasteiger partial charge in [0.15, 0.2) is 17.2 Å². The van der Waals surface area contributed by atoms with Crippen LogP contribution in [0.15, 0.2) is 124 Å². The predicted octanol–water partition coefficient (Wildman–Crippen LogP) is 5.37. The van der Waals surface area contributed by atoms with Gasteiger partial charge in [-0.15, -0.1) is 10.2 Å². The quantitative estimate of drug-likeness (QED) is 0.157. The minimum Gasteiger partial charge on any atom is -0.497 e. The van der Waals surface area contributed by atoms with Crippen molar-refractivity contribution in [3.05, 3.63) is 126 Å². The third-order valence-corrected chi connectivity index (χ3v) is 7.90. The number of imidazole rings is 1. The lowest BCUT2D eigenvalue weighted by atomic mass is 9.85. The number of nitrogens with one attached hydrogen (secondary N) is 2. The fraction of sp³-hybridized carbons (Fsp3) is 0.152. The molecular weight excluding hydrogens is 596 g/mol. The Morgan fingerprint density at radius 2 is 1.77 bits per heavy atom. The van der Waals surface area contributed by atoms with Crippen LogP contribution in [0.2, 0.25) is 0 Å². The van der Waals surface area contributed by atoms with E-state index in [9.17, 15) is 4.79 Å². The molecule has 5 aromatic rings. The fourth-order valence-electron chi connectivity index (χ4n) is 5.62. The second-order valence-corrected chi connectivity index (χ2v) is 10.8. The van der Waals surface area contributed by atoms with Crippen LogP contribution in [0.4, 0.5) is 16.3 Å².